The molecule has 1 N–H and O–H groups in total. The Morgan fingerprint density at radius 2 is 1.04 bits per heavy atom. The van der Waals surface area contributed by atoms with Gasteiger partial charge in [0.1, 0.15) is 16.0 Å². The van der Waals surface area contributed by atoms with Crippen LogP contribution in [0.1, 0.15) is 70.7 Å². The van der Waals surface area contributed by atoms with Gasteiger partial charge in [0.05, 0.1) is 55.9 Å². The molecular weight excluding hydrogens is 978 g/mol. The van der Waals surface area contributed by atoms with Crippen molar-refractivity contribution in [2.24, 2.45) is 0 Å². The molecule has 2 aliphatic rings. The molecule has 4 heterocycles. The third-order valence-corrected chi connectivity index (χ3v) is 13.1. The van der Waals surface area contributed by atoms with Crippen molar-refractivity contribution >= 4 is 79.0 Å². The minimum atomic E-state index is -1.00. The molecule has 0 saturated carbocycles. The molecule has 10 rings (SSSR count). The second-order valence-corrected chi connectivity index (χ2v) is 17.9. The van der Waals surface area contributed by atoms with Crippen molar-refractivity contribution in [1.29, 1.82) is 0 Å². The van der Waals surface area contributed by atoms with Gasteiger partial charge >= 0.3 is 11.9 Å². The van der Waals surface area contributed by atoms with Gasteiger partial charge in [-0.05, 0) is 138 Å². The van der Waals surface area contributed by atoms with E-state index in [1.54, 1.807) is 30.3 Å². The van der Waals surface area contributed by atoms with Crippen LogP contribution in [0.5, 0.6) is 0 Å². The van der Waals surface area contributed by atoms with E-state index >= 15 is 0 Å². The van der Waals surface area contributed by atoms with E-state index < -0.39 is 7.15 Å². The molecule has 2 saturated heterocycles. The van der Waals surface area contributed by atoms with E-state index in [1.807, 2.05) is 78.9 Å². The lowest BCUT2D eigenvalue weighted by Gasteiger charge is -2.34. The zero-order valence-electron chi connectivity index (χ0n) is 39.3. The molecule has 0 bridgehead atoms. The number of hydrogen-bond donors (Lipinski definition) is 1. The lowest BCUT2D eigenvalue weighted by Crippen LogP contribution is -2.34. The van der Waals surface area contributed by atoms with Crippen LogP contribution >= 0.6 is 39.1 Å². The number of piperidine rings is 2. The maximum Gasteiger partial charge on any atom is 0.337 e. The highest BCUT2D eigenvalue weighted by atomic mass is 79.9. The molecule has 2 fully saturated rings. The molecule has 2 aliphatic heterocycles. The quantitative estimate of drug-likeness (QED) is 0.155. The summed E-state index contributed by atoms with van der Waals surface area (Å²) in [4.78, 5) is 44.9. The van der Waals surface area contributed by atoms with E-state index in [0.29, 0.717) is 32.7 Å². The highest BCUT2D eigenvalue weighted by molar-refractivity contribution is 9.10. The fourth-order valence-electron chi connectivity index (χ4n) is 8.41. The molecule has 69 heavy (non-hydrogen) atoms. The number of aromatic nitrogens is 4. The normalized spacial score (nSPS) is 13.9. The van der Waals surface area contributed by atoms with E-state index in [2.05, 4.69) is 72.5 Å². The SMILES string of the molecule is COC(=O)c1ccc2nc(-c3ccccc3)c(Br)nc2c1.COC(=O)c1ccc2nc(-c3ccccc3)c(N3CCC(c4ccc(Cl)cc4)CC3)nc2c1.Clc1ccc(C2CCNCC2)cc1.[2H]CF. The average molecular weight is 1030 g/mol. The van der Waals surface area contributed by atoms with Crippen LogP contribution < -0.4 is 10.2 Å². The second kappa shape index (κ2) is 24.8. The Morgan fingerprint density at radius 3 is 1.52 bits per heavy atom. The number of alkyl halides is 1. The molecule has 0 atom stereocenters. The van der Waals surface area contributed by atoms with E-state index in [4.69, 9.17) is 44.0 Å². The zero-order valence-corrected chi connectivity index (χ0v) is 41.4. The van der Waals surface area contributed by atoms with Gasteiger partial charge in [0.25, 0.3) is 0 Å². The van der Waals surface area contributed by atoms with Crippen molar-refractivity contribution in [3.8, 4) is 22.5 Å². The smallest absolute Gasteiger partial charge is 0.337 e. The van der Waals surface area contributed by atoms with Crippen molar-refractivity contribution in [3.05, 3.63) is 182 Å². The first-order valence-electron chi connectivity index (χ1n) is 23.2. The number of nitrogens with one attached hydrogen (secondary N) is 1. The Kier molecular flexibility index (Phi) is 17.7. The van der Waals surface area contributed by atoms with Crippen LogP contribution in [-0.2, 0) is 9.47 Å². The maximum atomic E-state index is 12.0. The monoisotopic (exact) mass is 1030 g/mol. The number of anilines is 1. The molecule has 14 heteroatoms. The number of rotatable bonds is 7. The van der Waals surface area contributed by atoms with Gasteiger partial charge in [-0.25, -0.2) is 29.5 Å². The summed E-state index contributed by atoms with van der Waals surface area (Å²) in [6, 6.07) is 46.8. The van der Waals surface area contributed by atoms with Crippen LogP contribution in [0.25, 0.3) is 44.6 Å². The molecule has 10 nitrogen and oxygen atoms in total. The van der Waals surface area contributed by atoms with E-state index in [1.165, 1.54) is 38.2 Å². The Hall–Kier alpha value is -6.31. The number of halogens is 4. The van der Waals surface area contributed by atoms with Gasteiger partial charge in [-0.15, -0.1) is 0 Å². The predicted octanol–water partition coefficient (Wildman–Crippen LogP) is 13.4. The van der Waals surface area contributed by atoms with Crippen molar-refractivity contribution in [1.82, 2.24) is 25.3 Å². The third kappa shape index (κ3) is 13.1. The Bertz CT molecular complexity index is 2980. The first-order chi connectivity index (χ1) is 34.1. The van der Waals surface area contributed by atoms with E-state index in [-0.39, 0.29) is 11.9 Å². The third-order valence-electron chi connectivity index (χ3n) is 12.0. The number of carbonyl (C=O) groups is 2. The number of fused-ring (bicyclic) bond motifs is 2. The molecular formula is C55H52BrCl2FN6O4. The van der Waals surface area contributed by atoms with Gasteiger partial charge in [0.2, 0.25) is 0 Å². The molecule has 2 aromatic heterocycles. The maximum absolute atomic E-state index is 12.0. The number of nitrogens with zero attached hydrogens (tertiary/aromatic N) is 5. The van der Waals surface area contributed by atoms with Crippen LogP contribution in [0, 0.1) is 0 Å². The number of methoxy groups -OCH3 is 2. The Morgan fingerprint density at radius 1 is 0.609 bits per heavy atom. The minimum absolute atomic E-state index is 0.379. The molecule has 0 amide bonds. The van der Waals surface area contributed by atoms with E-state index in [0.717, 1.165) is 94.3 Å². The Balaban J connectivity index is 0.000000166. The molecule has 6 aromatic carbocycles. The Labute approximate surface area is 421 Å². The number of carbonyl (C=O) groups excluding carboxylic acids is 2. The molecule has 8 aromatic rings. The molecule has 0 spiro atoms. The van der Waals surface area contributed by atoms with Crippen molar-refractivity contribution < 1.29 is 24.8 Å². The van der Waals surface area contributed by atoms with Crippen molar-refractivity contribution in [2.75, 3.05) is 52.5 Å². The predicted molar refractivity (Wildman–Crippen MR) is 279 cm³/mol. The summed E-state index contributed by atoms with van der Waals surface area (Å²) in [5.41, 5.74) is 10.1. The van der Waals surface area contributed by atoms with Gasteiger partial charge in [-0.1, -0.05) is 108 Å². The summed E-state index contributed by atoms with van der Waals surface area (Å²) in [7, 11) is 1.74. The van der Waals surface area contributed by atoms with Crippen molar-refractivity contribution in [2.45, 2.75) is 37.5 Å². The van der Waals surface area contributed by atoms with Crippen LogP contribution in [-0.4, -0.2) is 79.4 Å². The summed E-state index contributed by atoms with van der Waals surface area (Å²) in [5.74, 6) is 1.32. The summed E-state index contributed by atoms with van der Waals surface area (Å²) < 4.78 is 25.7. The topological polar surface area (TPSA) is 119 Å². The fourth-order valence-corrected chi connectivity index (χ4v) is 9.17. The first kappa shape index (κ1) is 49.1. The fraction of sp³-hybridized carbons (Fsp3) is 0.236. The second-order valence-electron chi connectivity index (χ2n) is 16.3. The largest absolute Gasteiger partial charge is 0.465 e. The average Bonchev–Trinajstić information content (AvgIpc) is 3.41. The van der Waals surface area contributed by atoms with Gasteiger partial charge in [0.15, 0.2) is 5.82 Å². The minimum Gasteiger partial charge on any atom is -0.465 e. The van der Waals surface area contributed by atoms with Crippen molar-refractivity contribution in [3.63, 3.8) is 0 Å². The first-order valence-corrected chi connectivity index (χ1v) is 24.0. The summed E-state index contributed by atoms with van der Waals surface area (Å²) in [6.45, 7) is 4.05. The lowest BCUT2D eigenvalue weighted by molar-refractivity contribution is 0.0592. The van der Waals surface area contributed by atoms with Gasteiger partial charge in [-0.3, -0.25) is 4.39 Å². The number of benzene rings is 6. The zero-order chi connectivity index (χ0) is 49.4. The van der Waals surface area contributed by atoms with Crippen LogP contribution in [0.4, 0.5) is 10.2 Å². The molecule has 0 unspecified atom stereocenters. The highest BCUT2D eigenvalue weighted by Gasteiger charge is 2.25. The summed E-state index contributed by atoms with van der Waals surface area (Å²) >= 11 is 15.3. The van der Waals surface area contributed by atoms with E-state index in [9.17, 15) is 14.0 Å². The van der Waals surface area contributed by atoms with Crippen LogP contribution in [0.2, 0.25) is 10.0 Å². The summed E-state index contributed by atoms with van der Waals surface area (Å²) in [5, 5.41) is 4.97. The number of ether oxygens (including phenoxy) is 2. The number of hydrogen-bond acceptors (Lipinski definition) is 10. The lowest BCUT2D eigenvalue weighted by atomic mass is 9.89. The highest BCUT2D eigenvalue weighted by Crippen LogP contribution is 2.36. The summed E-state index contributed by atoms with van der Waals surface area (Å²) in [6.07, 6.45) is 4.55. The standard InChI is InChI=1S/C27H24ClN3O2.C16H11BrN2O2.C11H14ClN.CH3F/c1-33-27(32)21-9-12-23-24(17-21)30-26(25(29-23)20-5-3-2-4-6-20)31-15-13-19(14-16-31)18-7-10-22(28)11-8-18;1-21-16(20)11-7-8-12-13(9-11)19-15(17)14(18-12)10-5-3-2-4-6-10;12-11-3-1-9(2-4-11)10-5-7-13-8-6-10;1-2/h2-12,17,19H,13-16H2,1H3;2-9H,1H3;1-4,10,13H,5-8H2;1H3/i;;;1D. The van der Waals surface area contributed by atoms with Crippen LogP contribution in [0.3, 0.4) is 0 Å². The van der Waals surface area contributed by atoms with Gasteiger partial charge in [0, 0.05) is 34.3 Å². The molecule has 0 aliphatic carbocycles. The molecule has 354 valence electrons. The van der Waals surface area contributed by atoms with Gasteiger partial charge < -0.3 is 19.7 Å². The number of esters is 2. The van der Waals surface area contributed by atoms with Crippen LogP contribution in [0.15, 0.2) is 150 Å². The molecule has 0 radical (unpaired) electrons. The van der Waals surface area contributed by atoms with Gasteiger partial charge in [-0.2, -0.15) is 0 Å².